The molecule has 0 spiro atoms. The number of nitrogens with zero attached hydrogens (tertiary/aromatic N) is 1. The molecule has 1 heterocycles. The van der Waals surface area contributed by atoms with Gasteiger partial charge in [-0.25, -0.2) is 0 Å². The van der Waals surface area contributed by atoms with Gasteiger partial charge in [-0.15, -0.1) is 0 Å². The van der Waals surface area contributed by atoms with E-state index in [4.69, 9.17) is 10.5 Å². The molecular weight excluding hydrogens is 244 g/mol. The maximum Gasteiger partial charge on any atom is 0.238 e. The second-order valence-electron chi connectivity index (χ2n) is 4.49. The summed E-state index contributed by atoms with van der Waals surface area (Å²) in [6.07, 6.45) is 0. The van der Waals surface area contributed by atoms with Crippen molar-refractivity contribution in [3.63, 3.8) is 0 Å². The van der Waals surface area contributed by atoms with Gasteiger partial charge in [-0.2, -0.15) is 0 Å². The van der Waals surface area contributed by atoms with Gasteiger partial charge in [0.05, 0.1) is 19.8 Å². The Labute approximate surface area is 112 Å². The van der Waals surface area contributed by atoms with Gasteiger partial charge in [-0.1, -0.05) is 0 Å². The normalized spacial score (nSPS) is 16.2. The van der Waals surface area contributed by atoms with E-state index >= 15 is 0 Å². The highest BCUT2D eigenvalue weighted by Crippen LogP contribution is 2.09. The maximum absolute atomic E-state index is 11.7. The number of morpholine rings is 1. The number of rotatable bonds is 5. The van der Waals surface area contributed by atoms with E-state index in [1.54, 1.807) is 24.3 Å². The summed E-state index contributed by atoms with van der Waals surface area (Å²) < 4.78 is 5.26. The molecule has 4 N–H and O–H groups in total. The maximum atomic E-state index is 11.7. The van der Waals surface area contributed by atoms with Gasteiger partial charge in [0.15, 0.2) is 0 Å². The molecule has 2 rings (SSSR count). The van der Waals surface area contributed by atoms with E-state index in [0.29, 0.717) is 18.9 Å². The van der Waals surface area contributed by atoms with Gasteiger partial charge in [0, 0.05) is 31.1 Å². The molecule has 0 saturated carbocycles. The Morgan fingerprint density at radius 3 is 2.63 bits per heavy atom. The Morgan fingerprint density at radius 1 is 1.26 bits per heavy atom. The molecule has 6 nitrogen and oxygen atoms in total. The van der Waals surface area contributed by atoms with E-state index in [-0.39, 0.29) is 5.91 Å². The fourth-order valence-corrected chi connectivity index (χ4v) is 1.86. The average molecular weight is 264 g/mol. The highest BCUT2D eigenvalue weighted by molar-refractivity contribution is 5.92. The number of nitrogens with two attached hydrogens (primary N) is 1. The summed E-state index contributed by atoms with van der Waals surface area (Å²) in [7, 11) is 0. The first kappa shape index (κ1) is 13.8. The van der Waals surface area contributed by atoms with Crippen LogP contribution in [0.2, 0.25) is 0 Å². The number of amides is 1. The summed E-state index contributed by atoms with van der Waals surface area (Å²) in [5.74, 6) is -0.0574. The van der Waals surface area contributed by atoms with Crippen molar-refractivity contribution in [2.24, 2.45) is 0 Å². The van der Waals surface area contributed by atoms with Crippen molar-refractivity contribution in [2.75, 3.05) is 50.6 Å². The van der Waals surface area contributed by atoms with Crippen molar-refractivity contribution in [3.05, 3.63) is 24.3 Å². The van der Waals surface area contributed by atoms with Crippen molar-refractivity contribution < 1.29 is 9.53 Å². The smallest absolute Gasteiger partial charge is 0.238 e. The number of nitrogen functional groups attached to an aromatic ring is 1. The van der Waals surface area contributed by atoms with E-state index in [1.165, 1.54) is 0 Å². The van der Waals surface area contributed by atoms with Gasteiger partial charge in [-0.05, 0) is 24.3 Å². The van der Waals surface area contributed by atoms with Crippen LogP contribution in [0.4, 0.5) is 11.4 Å². The summed E-state index contributed by atoms with van der Waals surface area (Å²) >= 11 is 0. The number of carbonyl (C=O) groups excluding carboxylic acids is 1. The van der Waals surface area contributed by atoms with Gasteiger partial charge >= 0.3 is 0 Å². The van der Waals surface area contributed by atoms with Crippen LogP contribution >= 0.6 is 0 Å². The Kier molecular flexibility index (Phi) is 5.14. The van der Waals surface area contributed by atoms with Crippen LogP contribution in [-0.4, -0.2) is 50.3 Å². The molecule has 0 radical (unpaired) electrons. The minimum atomic E-state index is -0.0574. The van der Waals surface area contributed by atoms with E-state index in [9.17, 15) is 4.79 Å². The van der Waals surface area contributed by atoms with Crippen LogP contribution in [-0.2, 0) is 9.53 Å². The minimum Gasteiger partial charge on any atom is -0.399 e. The van der Waals surface area contributed by atoms with E-state index in [1.807, 2.05) is 0 Å². The lowest BCUT2D eigenvalue weighted by molar-refractivity contribution is -0.115. The van der Waals surface area contributed by atoms with Gasteiger partial charge in [-0.3, -0.25) is 15.0 Å². The van der Waals surface area contributed by atoms with Crippen molar-refractivity contribution in [1.29, 1.82) is 0 Å². The molecule has 1 aliphatic rings. The molecule has 0 bridgehead atoms. The quantitative estimate of drug-likeness (QED) is 0.657. The minimum absolute atomic E-state index is 0.0574. The van der Waals surface area contributed by atoms with Gasteiger partial charge in [0.2, 0.25) is 5.91 Å². The summed E-state index contributed by atoms with van der Waals surface area (Å²) in [6.45, 7) is 4.35. The highest BCUT2D eigenvalue weighted by atomic mass is 16.5. The molecule has 1 aliphatic heterocycles. The Balaban J connectivity index is 1.65. The largest absolute Gasteiger partial charge is 0.399 e. The zero-order valence-electron chi connectivity index (χ0n) is 10.9. The number of hydrogen-bond acceptors (Lipinski definition) is 5. The molecule has 1 fully saturated rings. The topological polar surface area (TPSA) is 79.6 Å². The zero-order valence-corrected chi connectivity index (χ0v) is 10.9. The third kappa shape index (κ3) is 4.86. The van der Waals surface area contributed by atoms with E-state index in [2.05, 4.69) is 15.5 Å². The number of benzene rings is 1. The first-order valence-corrected chi connectivity index (χ1v) is 6.40. The fourth-order valence-electron chi connectivity index (χ4n) is 1.86. The number of hydrogen-bond donors (Lipinski definition) is 3. The first-order valence-electron chi connectivity index (χ1n) is 6.40. The van der Waals surface area contributed by atoms with Crippen LogP contribution in [0, 0.1) is 0 Å². The highest BCUT2D eigenvalue weighted by Gasteiger charge is 2.10. The van der Waals surface area contributed by atoms with Gasteiger partial charge in [0.25, 0.3) is 0 Å². The second kappa shape index (κ2) is 7.08. The molecule has 0 aliphatic carbocycles. The van der Waals surface area contributed by atoms with Crippen LogP contribution in [0.1, 0.15) is 0 Å². The number of carbonyl (C=O) groups is 1. The predicted molar refractivity (Wildman–Crippen MR) is 74.7 cm³/mol. The summed E-state index contributed by atoms with van der Waals surface area (Å²) in [5, 5.41) is 5.93. The lowest BCUT2D eigenvalue weighted by Gasteiger charge is -2.26. The molecule has 0 aromatic heterocycles. The van der Waals surface area contributed by atoms with Crippen molar-refractivity contribution in [3.8, 4) is 0 Å². The first-order chi connectivity index (χ1) is 9.24. The standard InChI is InChI=1S/C13H20N4O2/c14-11-1-3-12(4-2-11)16-13(18)9-15-10-17-5-7-19-8-6-17/h1-4,15H,5-10,14H2,(H,16,18). The Hall–Kier alpha value is -1.63. The van der Waals surface area contributed by atoms with Crippen LogP contribution < -0.4 is 16.4 Å². The SMILES string of the molecule is Nc1ccc(NC(=O)CNCN2CCOCC2)cc1. The summed E-state index contributed by atoms with van der Waals surface area (Å²) in [4.78, 5) is 13.9. The lowest BCUT2D eigenvalue weighted by atomic mass is 10.3. The third-order valence-corrected chi connectivity index (χ3v) is 2.92. The van der Waals surface area contributed by atoms with Crippen LogP contribution in [0.25, 0.3) is 0 Å². The summed E-state index contributed by atoms with van der Waals surface area (Å²) in [5.41, 5.74) is 7.02. The van der Waals surface area contributed by atoms with Crippen LogP contribution in [0.5, 0.6) is 0 Å². The average Bonchev–Trinajstić information content (AvgIpc) is 2.43. The molecule has 1 saturated heterocycles. The molecule has 1 amide bonds. The van der Waals surface area contributed by atoms with E-state index in [0.717, 1.165) is 32.0 Å². The predicted octanol–water partition coefficient (Wildman–Crippen LogP) is 0.0866. The molecule has 19 heavy (non-hydrogen) atoms. The zero-order chi connectivity index (χ0) is 13.5. The Morgan fingerprint density at radius 2 is 1.95 bits per heavy atom. The summed E-state index contributed by atoms with van der Waals surface area (Å²) in [6, 6.07) is 7.10. The lowest BCUT2D eigenvalue weighted by Crippen LogP contribution is -2.43. The monoisotopic (exact) mass is 264 g/mol. The van der Waals surface area contributed by atoms with Crippen molar-refractivity contribution >= 4 is 17.3 Å². The number of anilines is 2. The Bertz CT molecular complexity index is 402. The van der Waals surface area contributed by atoms with Crippen molar-refractivity contribution in [1.82, 2.24) is 10.2 Å². The second-order valence-corrected chi connectivity index (χ2v) is 4.49. The number of nitrogens with one attached hydrogen (secondary N) is 2. The van der Waals surface area contributed by atoms with Crippen LogP contribution in [0.3, 0.4) is 0 Å². The number of ether oxygens (including phenoxy) is 1. The van der Waals surface area contributed by atoms with Crippen molar-refractivity contribution in [2.45, 2.75) is 0 Å². The molecule has 1 aromatic carbocycles. The molecule has 0 unspecified atom stereocenters. The fraction of sp³-hybridized carbons (Fsp3) is 0.462. The molecule has 104 valence electrons. The molecule has 1 aromatic rings. The molecular formula is C13H20N4O2. The molecule has 0 atom stereocenters. The van der Waals surface area contributed by atoms with Gasteiger partial charge in [0.1, 0.15) is 0 Å². The van der Waals surface area contributed by atoms with E-state index < -0.39 is 0 Å². The third-order valence-electron chi connectivity index (χ3n) is 2.92. The van der Waals surface area contributed by atoms with Gasteiger partial charge < -0.3 is 15.8 Å². The molecule has 6 heteroatoms. The van der Waals surface area contributed by atoms with Crippen LogP contribution in [0.15, 0.2) is 24.3 Å².